The van der Waals surface area contributed by atoms with Crippen molar-refractivity contribution in [2.45, 2.75) is 19.4 Å². The Hall–Kier alpha value is -2.64. The van der Waals surface area contributed by atoms with Crippen molar-refractivity contribution in [3.63, 3.8) is 0 Å². The lowest BCUT2D eigenvalue weighted by molar-refractivity contribution is 0.0670. The first-order valence-corrected chi connectivity index (χ1v) is 7.54. The van der Waals surface area contributed by atoms with Crippen molar-refractivity contribution in [3.8, 4) is 5.75 Å². The van der Waals surface area contributed by atoms with E-state index in [0.717, 1.165) is 15.9 Å². The summed E-state index contributed by atoms with van der Waals surface area (Å²) in [5.41, 5.74) is 1.08. The molecule has 1 aromatic carbocycles. The van der Waals surface area contributed by atoms with Gasteiger partial charge in [-0.2, -0.15) is 8.78 Å². The van der Waals surface area contributed by atoms with E-state index in [-0.39, 0.29) is 24.8 Å². The van der Waals surface area contributed by atoms with Crippen LogP contribution in [0.4, 0.5) is 13.6 Å². The molecule has 0 saturated carbocycles. The zero-order valence-corrected chi connectivity index (χ0v) is 13.3. The predicted octanol–water partition coefficient (Wildman–Crippen LogP) is 2.37. The van der Waals surface area contributed by atoms with Crippen molar-refractivity contribution in [3.05, 3.63) is 48.0 Å². The van der Waals surface area contributed by atoms with Crippen LogP contribution in [0.2, 0.25) is 0 Å². The summed E-state index contributed by atoms with van der Waals surface area (Å²) in [6.45, 7) is -1.91. The molecule has 0 aliphatic carbocycles. The first kappa shape index (κ1) is 17.7. The Kier molecular flexibility index (Phi) is 6.53. The molecule has 1 heterocycles. The van der Waals surface area contributed by atoms with Gasteiger partial charge in [0.05, 0.1) is 7.11 Å². The van der Waals surface area contributed by atoms with Gasteiger partial charge in [-0.05, 0) is 24.1 Å². The molecule has 2 aromatic rings. The van der Waals surface area contributed by atoms with Crippen molar-refractivity contribution in [2.75, 3.05) is 20.2 Å². The Morgan fingerprint density at radius 2 is 1.88 bits per heavy atom. The number of methoxy groups -OCH3 is 1. The van der Waals surface area contributed by atoms with E-state index >= 15 is 0 Å². The van der Waals surface area contributed by atoms with E-state index in [1.807, 2.05) is 24.3 Å². The summed E-state index contributed by atoms with van der Waals surface area (Å²) in [7, 11) is 1.61. The maximum Gasteiger partial charge on any atom is 0.319 e. The number of carbonyl (C=O) groups excluding carboxylic acids is 1. The lowest BCUT2D eigenvalue weighted by Crippen LogP contribution is -2.37. The normalized spacial score (nSPS) is 10.7. The summed E-state index contributed by atoms with van der Waals surface area (Å²) in [5, 5.41) is 5.34. The number of carbonyl (C=O) groups is 1. The molecule has 2 amide bonds. The highest BCUT2D eigenvalue weighted by atomic mass is 19.3. The number of alkyl halides is 2. The molecular weight excluding hydrogens is 318 g/mol. The van der Waals surface area contributed by atoms with Gasteiger partial charge in [-0.1, -0.05) is 12.1 Å². The van der Waals surface area contributed by atoms with E-state index in [1.165, 1.54) is 12.4 Å². The molecule has 0 bridgehead atoms. The van der Waals surface area contributed by atoms with Gasteiger partial charge in [-0.3, -0.25) is 4.57 Å². The van der Waals surface area contributed by atoms with Gasteiger partial charge in [-0.15, -0.1) is 0 Å². The Labute approximate surface area is 138 Å². The van der Waals surface area contributed by atoms with Crippen molar-refractivity contribution in [1.82, 2.24) is 20.2 Å². The van der Waals surface area contributed by atoms with Crippen LogP contribution in [0.3, 0.4) is 0 Å². The second kappa shape index (κ2) is 8.85. The summed E-state index contributed by atoms with van der Waals surface area (Å²) in [4.78, 5) is 15.5. The fraction of sp³-hybridized carbons (Fsp3) is 0.375. The molecule has 0 saturated heterocycles. The van der Waals surface area contributed by atoms with Crippen LogP contribution in [-0.2, 0) is 12.8 Å². The molecule has 6 nitrogen and oxygen atoms in total. The van der Waals surface area contributed by atoms with Gasteiger partial charge in [0.1, 0.15) is 11.6 Å². The number of urea groups is 1. The molecule has 0 unspecified atom stereocenters. The molecule has 2 N–H and O–H groups in total. The zero-order chi connectivity index (χ0) is 17.4. The van der Waals surface area contributed by atoms with Crippen LogP contribution in [0.5, 0.6) is 5.75 Å². The van der Waals surface area contributed by atoms with E-state index in [4.69, 9.17) is 4.74 Å². The van der Waals surface area contributed by atoms with Gasteiger partial charge in [0.2, 0.25) is 0 Å². The Morgan fingerprint density at radius 1 is 1.21 bits per heavy atom. The topological polar surface area (TPSA) is 68.2 Å². The van der Waals surface area contributed by atoms with Crippen LogP contribution in [0, 0.1) is 0 Å². The van der Waals surface area contributed by atoms with Crippen molar-refractivity contribution in [2.24, 2.45) is 0 Å². The van der Waals surface area contributed by atoms with Gasteiger partial charge >= 0.3 is 12.6 Å². The maximum atomic E-state index is 12.6. The fourth-order valence-electron chi connectivity index (χ4n) is 2.18. The quantitative estimate of drug-likeness (QED) is 0.776. The third kappa shape index (κ3) is 5.22. The minimum Gasteiger partial charge on any atom is -0.497 e. The summed E-state index contributed by atoms with van der Waals surface area (Å²) >= 11 is 0. The number of rotatable bonds is 8. The largest absolute Gasteiger partial charge is 0.497 e. The molecule has 0 aliphatic rings. The van der Waals surface area contributed by atoms with E-state index < -0.39 is 6.55 Å². The highest BCUT2D eigenvalue weighted by Crippen LogP contribution is 2.12. The predicted molar refractivity (Wildman–Crippen MR) is 85.3 cm³/mol. The third-order valence-corrected chi connectivity index (χ3v) is 3.45. The molecule has 2 rings (SSSR count). The lowest BCUT2D eigenvalue weighted by atomic mass is 10.1. The van der Waals surface area contributed by atoms with Crippen molar-refractivity contribution in [1.29, 1.82) is 0 Å². The second-order valence-electron chi connectivity index (χ2n) is 5.06. The highest BCUT2D eigenvalue weighted by molar-refractivity contribution is 5.73. The molecule has 24 heavy (non-hydrogen) atoms. The lowest BCUT2D eigenvalue weighted by Gasteiger charge is -2.09. The van der Waals surface area contributed by atoms with E-state index in [1.54, 1.807) is 7.11 Å². The average molecular weight is 338 g/mol. The molecule has 0 radical (unpaired) electrons. The van der Waals surface area contributed by atoms with Gasteiger partial charge in [0, 0.05) is 31.9 Å². The first-order chi connectivity index (χ1) is 11.6. The molecule has 0 fully saturated rings. The molecule has 1 aromatic heterocycles. The SMILES string of the molecule is COc1ccc(CCNC(=O)NCCc2nccn2C(F)F)cc1. The average Bonchev–Trinajstić information content (AvgIpc) is 3.04. The van der Waals surface area contributed by atoms with Crippen LogP contribution in [0.15, 0.2) is 36.7 Å². The van der Waals surface area contributed by atoms with Crippen LogP contribution in [-0.4, -0.2) is 35.8 Å². The van der Waals surface area contributed by atoms with E-state index in [2.05, 4.69) is 15.6 Å². The minimum atomic E-state index is -2.62. The fourth-order valence-corrected chi connectivity index (χ4v) is 2.18. The molecule has 130 valence electrons. The molecule has 0 aliphatic heterocycles. The Balaban J connectivity index is 1.65. The first-order valence-electron chi connectivity index (χ1n) is 7.54. The van der Waals surface area contributed by atoms with Gasteiger partial charge in [0.15, 0.2) is 0 Å². The molecule has 8 heteroatoms. The van der Waals surface area contributed by atoms with Gasteiger partial charge in [-0.25, -0.2) is 9.78 Å². The second-order valence-corrected chi connectivity index (χ2v) is 5.06. The highest BCUT2D eigenvalue weighted by Gasteiger charge is 2.11. The van der Waals surface area contributed by atoms with Crippen LogP contribution in [0.1, 0.15) is 17.9 Å². The standard InChI is InChI=1S/C16H20F2N4O2/c1-24-13-4-2-12(3-5-13)6-8-20-16(23)21-9-7-14-19-10-11-22(14)15(17)18/h2-5,10-11,15H,6-9H2,1H3,(H2,20,21,23). The number of nitrogens with zero attached hydrogens (tertiary/aromatic N) is 2. The smallest absolute Gasteiger partial charge is 0.319 e. The van der Waals surface area contributed by atoms with Crippen molar-refractivity contribution < 1.29 is 18.3 Å². The maximum absolute atomic E-state index is 12.6. The third-order valence-electron chi connectivity index (χ3n) is 3.45. The summed E-state index contributed by atoms with van der Waals surface area (Å²) < 4.78 is 31.1. The van der Waals surface area contributed by atoms with E-state index in [9.17, 15) is 13.6 Å². The number of aromatic nitrogens is 2. The van der Waals surface area contributed by atoms with Gasteiger partial charge in [0.25, 0.3) is 0 Å². The van der Waals surface area contributed by atoms with Crippen LogP contribution in [0.25, 0.3) is 0 Å². The number of halogens is 2. The van der Waals surface area contributed by atoms with Gasteiger partial charge < -0.3 is 15.4 Å². The van der Waals surface area contributed by atoms with Crippen LogP contribution < -0.4 is 15.4 Å². The summed E-state index contributed by atoms with van der Waals surface area (Å²) in [5.74, 6) is 1.02. The summed E-state index contributed by atoms with van der Waals surface area (Å²) in [6.07, 6.45) is 3.46. The molecule has 0 spiro atoms. The number of benzene rings is 1. The number of imidazole rings is 1. The number of ether oxygens (including phenoxy) is 1. The number of hydrogen-bond acceptors (Lipinski definition) is 3. The number of nitrogens with one attached hydrogen (secondary N) is 2. The van der Waals surface area contributed by atoms with E-state index in [0.29, 0.717) is 13.0 Å². The minimum absolute atomic E-state index is 0.234. The molecule has 0 atom stereocenters. The molecular formula is C16H20F2N4O2. The van der Waals surface area contributed by atoms with Crippen molar-refractivity contribution >= 4 is 6.03 Å². The zero-order valence-electron chi connectivity index (χ0n) is 13.3. The number of amides is 2. The number of hydrogen-bond donors (Lipinski definition) is 2. The summed E-state index contributed by atoms with van der Waals surface area (Å²) in [6, 6.07) is 7.25. The van der Waals surface area contributed by atoms with Crippen LogP contribution >= 0.6 is 0 Å². The monoisotopic (exact) mass is 338 g/mol. The Bertz CT molecular complexity index is 644. The Morgan fingerprint density at radius 3 is 2.50 bits per heavy atom.